The molecule has 1 saturated heterocycles. The summed E-state index contributed by atoms with van der Waals surface area (Å²) in [7, 11) is 4.07. The predicted molar refractivity (Wildman–Crippen MR) is 97.7 cm³/mol. The van der Waals surface area contributed by atoms with Crippen LogP contribution in [-0.4, -0.2) is 36.4 Å². The van der Waals surface area contributed by atoms with Gasteiger partial charge in [0.2, 0.25) is 5.91 Å². The van der Waals surface area contributed by atoms with E-state index >= 15 is 0 Å². The fourth-order valence-electron chi connectivity index (χ4n) is 3.13. The van der Waals surface area contributed by atoms with Gasteiger partial charge in [0.25, 0.3) is 0 Å². The lowest BCUT2D eigenvalue weighted by Crippen LogP contribution is -2.29. The molecule has 0 unspecified atom stereocenters. The van der Waals surface area contributed by atoms with Crippen LogP contribution in [0.4, 0.5) is 5.69 Å². The van der Waals surface area contributed by atoms with Gasteiger partial charge in [-0.05, 0) is 48.2 Å². The minimum atomic E-state index is 0.0663. The Morgan fingerprint density at radius 2 is 2.17 bits per heavy atom. The van der Waals surface area contributed by atoms with Gasteiger partial charge >= 0.3 is 0 Å². The van der Waals surface area contributed by atoms with E-state index in [4.69, 9.17) is 0 Å². The lowest BCUT2D eigenvalue weighted by molar-refractivity contribution is -0.126. The van der Waals surface area contributed by atoms with Crippen LogP contribution in [0.3, 0.4) is 0 Å². The van der Waals surface area contributed by atoms with E-state index < -0.39 is 0 Å². The summed E-state index contributed by atoms with van der Waals surface area (Å²) in [6.45, 7) is 0.813. The summed E-state index contributed by atoms with van der Waals surface area (Å²) in [6.07, 6.45) is 9.04. The van der Waals surface area contributed by atoms with Crippen molar-refractivity contribution in [3.8, 4) is 0 Å². The predicted octanol–water partition coefficient (Wildman–Crippen LogP) is 3.52. The molecule has 2 heterocycles. The average molecular weight is 321 g/mol. The number of rotatable bonds is 4. The average Bonchev–Trinajstić information content (AvgIpc) is 3.10. The Morgan fingerprint density at radius 3 is 2.92 bits per heavy atom. The van der Waals surface area contributed by atoms with Crippen LogP contribution in [0.1, 0.15) is 30.0 Å². The maximum absolute atomic E-state index is 12.6. The van der Waals surface area contributed by atoms with Gasteiger partial charge < -0.3 is 9.80 Å². The molecule has 4 heteroatoms. The van der Waals surface area contributed by atoms with Crippen LogP contribution in [0.5, 0.6) is 0 Å². The quantitative estimate of drug-likeness (QED) is 0.808. The van der Waals surface area contributed by atoms with Crippen LogP contribution in [0.25, 0.3) is 6.08 Å². The Labute approximate surface area is 143 Å². The zero-order valence-electron chi connectivity index (χ0n) is 14.2. The van der Waals surface area contributed by atoms with Gasteiger partial charge in [0.15, 0.2) is 0 Å². The molecule has 0 spiro atoms. The number of likely N-dealkylation sites (tertiary alicyclic amines) is 1. The van der Waals surface area contributed by atoms with E-state index in [9.17, 15) is 4.79 Å². The molecule has 2 aromatic rings. The summed E-state index contributed by atoms with van der Waals surface area (Å²) in [4.78, 5) is 20.8. The molecule has 0 N–H and O–H groups in total. The summed E-state index contributed by atoms with van der Waals surface area (Å²) in [5.74, 6) is 0.0663. The molecule has 1 amide bonds. The number of benzene rings is 1. The summed E-state index contributed by atoms with van der Waals surface area (Å²) in [6, 6.07) is 12.4. The van der Waals surface area contributed by atoms with Crippen molar-refractivity contribution in [3.05, 3.63) is 66.0 Å². The van der Waals surface area contributed by atoms with Crippen molar-refractivity contribution in [1.29, 1.82) is 0 Å². The maximum atomic E-state index is 12.6. The molecule has 24 heavy (non-hydrogen) atoms. The number of carbonyl (C=O) groups excluding carboxylic acids is 1. The minimum Gasteiger partial charge on any atom is -0.378 e. The number of anilines is 1. The summed E-state index contributed by atoms with van der Waals surface area (Å²) < 4.78 is 0. The first-order valence-corrected chi connectivity index (χ1v) is 8.31. The van der Waals surface area contributed by atoms with Crippen molar-refractivity contribution in [3.63, 3.8) is 0 Å². The number of hydrogen-bond donors (Lipinski definition) is 0. The Morgan fingerprint density at radius 1 is 1.29 bits per heavy atom. The molecule has 0 saturated carbocycles. The van der Waals surface area contributed by atoms with Crippen LogP contribution in [0.15, 0.2) is 54.9 Å². The second-order valence-electron chi connectivity index (χ2n) is 6.30. The summed E-state index contributed by atoms with van der Waals surface area (Å²) >= 11 is 0. The highest BCUT2D eigenvalue weighted by Crippen LogP contribution is 2.33. The van der Waals surface area contributed by atoms with Crippen molar-refractivity contribution in [2.24, 2.45) is 0 Å². The first-order valence-electron chi connectivity index (χ1n) is 8.31. The van der Waals surface area contributed by atoms with E-state index in [1.807, 2.05) is 37.2 Å². The first kappa shape index (κ1) is 16.2. The molecular weight excluding hydrogens is 298 g/mol. The topological polar surface area (TPSA) is 36.4 Å². The van der Waals surface area contributed by atoms with Crippen LogP contribution in [0, 0.1) is 0 Å². The van der Waals surface area contributed by atoms with E-state index in [1.54, 1.807) is 18.5 Å². The molecule has 0 aliphatic carbocycles. The Balaban J connectivity index is 1.76. The normalized spacial score (nSPS) is 17.4. The van der Waals surface area contributed by atoms with Crippen molar-refractivity contribution in [2.45, 2.75) is 18.9 Å². The molecule has 1 atom stereocenters. The molecule has 3 rings (SSSR count). The van der Waals surface area contributed by atoms with Gasteiger partial charge in [-0.15, -0.1) is 0 Å². The van der Waals surface area contributed by atoms with Gasteiger partial charge in [-0.1, -0.05) is 18.2 Å². The fraction of sp³-hybridized carbons (Fsp3) is 0.300. The zero-order valence-corrected chi connectivity index (χ0v) is 14.2. The number of hydrogen-bond acceptors (Lipinski definition) is 3. The molecule has 0 bridgehead atoms. The Bertz CT molecular complexity index is 725. The largest absolute Gasteiger partial charge is 0.378 e. The minimum absolute atomic E-state index is 0.0663. The highest BCUT2D eigenvalue weighted by molar-refractivity contribution is 5.92. The van der Waals surface area contributed by atoms with Crippen molar-refractivity contribution in [2.75, 3.05) is 25.5 Å². The fourth-order valence-corrected chi connectivity index (χ4v) is 3.13. The number of pyridine rings is 1. The number of amides is 1. The van der Waals surface area contributed by atoms with Crippen LogP contribution in [0.2, 0.25) is 0 Å². The first-order chi connectivity index (χ1) is 11.6. The van der Waals surface area contributed by atoms with Crippen LogP contribution < -0.4 is 4.90 Å². The molecule has 124 valence electrons. The Hall–Kier alpha value is -2.62. The van der Waals surface area contributed by atoms with Gasteiger partial charge in [0.1, 0.15) is 0 Å². The molecule has 1 fully saturated rings. The second kappa shape index (κ2) is 7.30. The molecule has 1 aliphatic heterocycles. The number of aromatic nitrogens is 1. The summed E-state index contributed by atoms with van der Waals surface area (Å²) in [5, 5.41) is 0. The summed E-state index contributed by atoms with van der Waals surface area (Å²) in [5.41, 5.74) is 3.32. The van der Waals surface area contributed by atoms with E-state index in [0.717, 1.165) is 30.6 Å². The van der Waals surface area contributed by atoms with Gasteiger partial charge in [-0.25, -0.2) is 0 Å². The van der Waals surface area contributed by atoms with E-state index in [2.05, 4.69) is 34.1 Å². The SMILES string of the molecule is CN(C)c1cccc([C@@H]2CCCN2C(=O)/C=C/c2cccnc2)c1. The number of carbonyl (C=O) groups is 1. The van der Waals surface area contributed by atoms with Crippen molar-refractivity contribution < 1.29 is 4.79 Å². The maximum Gasteiger partial charge on any atom is 0.247 e. The molecule has 0 radical (unpaired) electrons. The third kappa shape index (κ3) is 3.65. The Kier molecular flexibility index (Phi) is 4.94. The third-order valence-corrected chi connectivity index (χ3v) is 4.41. The highest BCUT2D eigenvalue weighted by atomic mass is 16.2. The van der Waals surface area contributed by atoms with Gasteiger partial charge in [0, 0.05) is 44.8 Å². The highest BCUT2D eigenvalue weighted by Gasteiger charge is 2.28. The second-order valence-corrected chi connectivity index (χ2v) is 6.30. The molecule has 1 aromatic carbocycles. The van der Waals surface area contributed by atoms with Gasteiger partial charge in [-0.2, -0.15) is 0 Å². The van der Waals surface area contributed by atoms with Crippen LogP contribution in [-0.2, 0) is 4.79 Å². The van der Waals surface area contributed by atoms with E-state index in [0.29, 0.717) is 0 Å². The molecule has 4 nitrogen and oxygen atoms in total. The van der Waals surface area contributed by atoms with E-state index in [-0.39, 0.29) is 11.9 Å². The third-order valence-electron chi connectivity index (χ3n) is 4.41. The van der Waals surface area contributed by atoms with Gasteiger partial charge in [0.05, 0.1) is 6.04 Å². The van der Waals surface area contributed by atoms with E-state index in [1.165, 1.54) is 5.56 Å². The van der Waals surface area contributed by atoms with Crippen LogP contribution >= 0.6 is 0 Å². The monoisotopic (exact) mass is 321 g/mol. The zero-order chi connectivity index (χ0) is 16.9. The van der Waals surface area contributed by atoms with Gasteiger partial charge in [-0.3, -0.25) is 9.78 Å². The molecular formula is C20H23N3O. The molecule has 1 aromatic heterocycles. The molecule has 1 aliphatic rings. The lowest BCUT2D eigenvalue weighted by atomic mass is 10.0. The smallest absolute Gasteiger partial charge is 0.247 e. The standard InChI is InChI=1S/C20H23N3O/c1-22(2)18-8-3-7-17(14-18)19-9-5-13-23(19)20(24)11-10-16-6-4-12-21-15-16/h3-4,6-8,10-12,14-15,19H,5,9,13H2,1-2H3/b11-10+/t19-/m0/s1. The van der Waals surface area contributed by atoms with Crippen molar-refractivity contribution >= 4 is 17.7 Å². The lowest BCUT2D eigenvalue weighted by Gasteiger charge is -2.25. The number of nitrogens with zero attached hydrogens (tertiary/aromatic N) is 3. The van der Waals surface area contributed by atoms with Crippen molar-refractivity contribution in [1.82, 2.24) is 9.88 Å².